The largest absolute Gasteiger partial charge is 0.464 e. The number of hydrogen-bond donors (Lipinski definition) is 2. The van der Waals surface area contributed by atoms with Crippen molar-refractivity contribution in [2.75, 3.05) is 18.5 Å². The topological polar surface area (TPSA) is 123 Å². The van der Waals surface area contributed by atoms with Crippen LogP contribution in [0.4, 0.5) is 5.82 Å². The van der Waals surface area contributed by atoms with Crippen LogP contribution in [0.1, 0.15) is 152 Å². The number of rotatable bonds is 31. The minimum atomic E-state index is -3.97. The van der Waals surface area contributed by atoms with Gasteiger partial charge in [0.1, 0.15) is 17.4 Å². The molecule has 4 rings (SSSR count). The average Bonchev–Trinajstić information content (AvgIpc) is 3.77. The van der Waals surface area contributed by atoms with Gasteiger partial charge in [-0.15, -0.1) is 11.3 Å². The van der Waals surface area contributed by atoms with E-state index in [1.54, 1.807) is 47.9 Å². The Morgan fingerprint density at radius 3 is 1.86 bits per heavy atom. The zero-order valence-electron chi connectivity index (χ0n) is 33.6. The van der Waals surface area contributed by atoms with Gasteiger partial charge in [0.05, 0.1) is 12.3 Å². The molecule has 4 aromatic rings. The van der Waals surface area contributed by atoms with E-state index in [1.165, 1.54) is 128 Å². The summed E-state index contributed by atoms with van der Waals surface area (Å²) >= 11 is 1.56. The molecule has 0 bridgehead atoms. The summed E-state index contributed by atoms with van der Waals surface area (Å²) in [5, 5.41) is 7.83. The number of carbonyl (C=O) groups excluding carboxylic acids is 1. The van der Waals surface area contributed by atoms with Gasteiger partial charge in [-0.25, -0.2) is 23.4 Å². The van der Waals surface area contributed by atoms with Crippen LogP contribution in [0, 0.1) is 0 Å². The fourth-order valence-electron chi connectivity index (χ4n) is 6.80. The van der Waals surface area contributed by atoms with Gasteiger partial charge in [-0.05, 0) is 36.2 Å². The first-order valence-electron chi connectivity index (χ1n) is 21.2. The number of anilines is 1. The van der Waals surface area contributed by atoms with Gasteiger partial charge in [-0.1, -0.05) is 165 Å². The van der Waals surface area contributed by atoms with Crippen LogP contribution in [0.5, 0.6) is 0 Å². The maximum atomic E-state index is 13.8. The average molecular weight is 804 g/mol. The predicted octanol–water partition coefficient (Wildman–Crippen LogP) is 11.6. The van der Waals surface area contributed by atoms with Gasteiger partial charge in [-0.2, -0.15) is 0 Å². The molecule has 56 heavy (non-hydrogen) atoms. The van der Waals surface area contributed by atoms with Crippen molar-refractivity contribution >= 4 is 33.0 Å². The molecule has 0 spiro atoms. The number of unbranched alkanes of at least 4 members (excludes halogenated alkanes) is 19. The van der Waals surface area contributed by atoms with Crippen LogP contribution in [0.3, 0.4) is 0 Å². The van der Waals surface area contributed by atoms with E-state index in [4.69, 9.17) is 4.74 Å². The smallest absolute Gasteiger partial charge is 0.325 e. The summed E-state index contributed by atoms with van der Waals surface area (Å²) in [6.45, 7) is 2.89. The summed E-state index contributed by atoms with van der Waals surface area (Å²) in [4.78, 5) is 25.6. The van der Waals surface area contributed by atoms with Gasteiger partial charge in [0.2, 0.25) is 9.84 Å². The van der Waals surface area contributed by atoms with Crippen molar-refractivity contribution < 1.29 is 17.9 Å². The fraction of sp³-hybridized carbons (Fsp3) is 0.556. The van der Waals surface area contributed by atoms with Gasteiger partial charge in [0.15, 0.2) is 10.4 Å². The monoisotopic (exact) mass is 803 g/mol. The Morgan fingerprint density at radius 1 is 0.696 bits per heavy atom. The molecule has 0 aliphatic heterocycles. The first kappa shape index (κ1) is 45.0. The first-order valence-corrected chi connectivity index (χ1v) is 23.6. The van der Waals surface area contributed by atoms with E-state index in [-0.39, 0.29) is 29.8 Å². The molecule has 0 saturated carbocycles. The van der Waals surface area contributed by atoms with E-state index in [9.17, 15) is 13.2 Å². The van der Waals surface area contributed by atoms with Gasteiger partial charge in [-0.3, -0.25) is 10.1 Å². The van der Waals surface area contributed by atoms with Crippen LogP contribution in [-0.2, 0) is 25.9 Å². The van der Waals surface area contributed by atoms with Gasteiger partial charge in [0, 0.05) is 29.9 Å². The van der Waals surface area contributed by atoms with Crippen molar-refractivity contribution in [3.05, 3.63) is 89.7 Å². The lowest BCUT2D eigenvalue weighted by molar-refractivity contribution is -0.141. The summed E-state index contributed by atoms with van der Waals surface area (Å²) in [5.41, 5.74) is 2.20. The second kappa shape index (κ2) is 27.1. The van der Waals surface area contributed by atoms with E-state index in [0.29, 0.717) is 12.4 Å². The summed E-state index contributed by atoms with van der Waals surface area (Å²) in [5.74, 6) is 0.0149. The molecule has 0 aliphatic carbocycles. The maximum absolute atomic E-state index is 13.8. The zero-order chi connectivity index (χ0) is 39.5. The normalized spacial score (nSPS) is 12.1. The van der Waals surface area contributed by atoms with Crippen LogP contribution in [0.2, 0.25) is 0 Å². The highest BCUT2D eigenvalue weighted by Crippen LogP contribution is 2.27. The molecule has 0 fully saturated rings. The number of carbonyl (C=O) groups is 1. The lowest BCUT2D eigenvalue weighted by atomic mass is 10.0. The number of pyridine rings is 2. The van der Waals surface area contributed by atoms with Gasteiger partial charge >= 0.3 is 5.97 Å². The number of hydrogen-bond acceptors (Lipinski definition) is 10. The first-order chi connectivity index (χ1) is 27.5. The zero-order valence-corrected chi connectivity index (χ0v) is 35.3. The summed E-state index contributed by atoms with van der Waals surface area (Å²) in [6, 6.07) is 17.7. The Labute approximate surface area is 340 Å². The highest BCUT2D eigenvalue weighted by molar-refractivity contribution is 7.91. The quantitative estimate of drug-likeness (QED) is 0.0378. The second-order valence-corrected chi connectivity index (χ2v) is 17.6. The Balaban J connectivity index is 1.08. The second-order valence-electron chi connectivity index (χ2n) is 14.7. The Morgan fingerprint density at radius 2 is 1.30 bits per heavy atom. The maximum Gasteiger partial charge on any atom is 0.325 e. The van der Waals surface area contributed by atoms with Crippen molar-refractivity contribution in [1.29, 1.82) is 0 Å². The molecule has 306 valence electrons. The number of ether oxygens (including phenoxy) is 1. The molecule has 1 atom stereocenters. The van der Waals surface area contributed by atoms with Crippen LogP contribution < -0.4 is 10.6 Å². The summed E-state index contributed by atoms with van der Waals surface area (Å²) < 4.78 is 33.1. The van der Waals surface area contributed by atoms with E-state index in [2.05, 4.69) is 32.5 Å². The number of sulfone groups is 1. The molecule has 0 radical (unpaired) electrons. The minimum Gasteiger partial charge on any atom is -0.464 e. The fourth-order valence-corrected chi connectivity index (χ4v) is 8.92. The molecule has 9 nitrogen and oxygen atoms in total. The molecule has 0 saturated heterocycles. The molecular weight excluding hydrogens is 739 g/mol. The van der Waals surface area contributed by atoms with Crippen LogP contribution in [0.15, 0.2) is 83.5 Å². The lowest BCUT2D eigenvalue weighted by Crippen LogP contribution is -2.30. The van der Waals surface area contributed by atoms with Crippen LogP contribution >= 0.6 is 11.3 Å². The van der Waals surface area contributed by atoms with Crippen molar-refractivity contribution in [3.63, 3.8) is 0 Å². The molecule has 3 aromatic heterocycles. The van der Waals surface area contributed by atoms with E-state index < -0.39 is 15.2 Å². The number of aromatic nitrogens is 3. The predicted molar refractivity (Wildman–Crippen MR) is 230 cm³/mol. The number of nitrogens with zero attached hydrogens (tertiary/aromatic N) is 3. The third-order valence-electron chi connectivity index (χ3n) is 10.1. The number of benzene rings is 1. The van der Waals surface area contributed by atoms with E-state index in [0.717, 1.165) is 29.0 Å². The molecular formula is C45H65N5O4S2. The highest BCUT2D eigenvalue weighted by atomic mass is 32.2. The Hall–Kier alpha value is -3.67. The third kappa shape index (κ3) is 17.2. The van der Waals surface area contributed by atoms with Crippen molar-refractivity contribution in [2.24, 2.45) is 0 Å². The molecule has 11 heteroatoms. The van der Waals surface area contributed by atoms with E-state index in [1.807, 2.05) is 29.6 Å². The standard InChI is InChI=1S/C45H65N5O4S2/c1-2-3-4-5-6-7-8-9-10-11-12-13-14-15-16-17-18-19-20-23-34-54-43(51)37-48-41-26-24-25-40(50-41)45(56(52,53)42-27-21-22-32-46-42)49-36-38-28-30-39(31-29-38)44-47-33-35-55-44/h21-22,24-33,35,45,49H,2-20,23,34,36-37H2,1H3,(H,48,50). The summed E-state index contributed by atoms with van der Waals surface area (Å²) in [7, 11) is -3.97. The van der Waals surface area contributed by atoms with Crippen LogP contribution in [-0.4, -0.2) is 42.5 Å². The molecule has 2 N–H and O–H groups in total. The van der Waals surface area contributed by atoms with Gasteiger partial charge in [0.25, 0.3) is 0 Å². The van der Waals surface area contributed by atoms with E-state index >= 15 is 0 Å². The SMILES string of the molecule is CCCCCCCCCCCCCCCCCCCCCCOC(=O)CNc1cccc(C(NCc2ccc(-c3nccs3)cc2)S(=O)(=O)c2ccccn2)n1. The molecule has 0 amide bonds. The third-order valence-corrected chi connectivity index (χ3v) is 12.8. The van der Waals surface area contributed by atoms with Crippen molar-refractivity contribution in [2.45, 2.75) is 152 Å². The number of nitrogens with one attached hydrogen (secondary N) is 2. The molecule has 1 unspecified atom stereocenters. The van der Waals surface area contributed by atoms with Crippen molar-refractivity contribution in [3.8, 4) is 10.6 Å². The Bertz CT molecular complexity index is 1720. The molecule has 3 heterocycles. The highest BCUT2D eigenvalue weighted by Gasteiger charge is 2.31. The molecule has 1 aromatic carbocycles. The number of esters is 1. The van der Waals surface area contributed by atoms with Crippen LogP contribution in [0.25, 0.3) is 10.6 Å². The molecule has 0 aliphatic rings. The Kier molecular flexibility index (Phi) is 21.8. The minimum absolute atomic E-state index is 0.0506. The summed E-state index contributed by atoms with van der Waals surface area (Å²) in [6.07, 6.45) is 29.8. The van der Waals surface area contributed by atoms with Crippen molar-refractivity contribution in [1.82, 2.24) is 20.3 Å². The number of thiazole rings is 1. The van der Waals surface area contributed by atoms with Gasteiger partial charge < -0.3 is 10.1 Å². The lowest BCUT2D eigenvalue weighted by Gasteiger charge is -2.19.